The van der Waals surface area contributed by atoms with E-state index in [9.17, 15) is 4.79 Å². The number of nitrogens with one attached hydrogen (secondary N) is 3. The molecule has 1 atom stereocenters. The number of amides is 1. The van der Waals surface area contributed by atoms with Gasteiger partial charge >= 0.3 is 0 Å². The van der Waals surface area contributed by atoms with Crippen LogP contribution in [0, 0.1) is 0 Å². The summed E-state index contributed by atoms with van der Waals surface area (Å²) in [5, 5.41) is 14.0. The number of carbonyl (C=O) groups is 1. The minimum absolute atomic E-state index is 0.179. The standard InChI is InChI=1S/C18H23ClN4OS/c1-13(14-7-10-25-12-14)11-23-18(20-2)22-9-8-21-17(24)15-5-3-4-6-16(15)19/h3-7,10,12-13H,8-9,11H2,1-2H3,(H,21,24)(H2,20,22,23). The van der Waals surface area contributed by atoms with Gasteiger partial charge in [0.25, 0.3) is 5.91 Å². The largest absolute Gasteiger partial charge is 0.356 e. The summed E-state index contributed by atoms with van der Waals surface area (Å²) in [7, 11) is 1.73. The highest BCUT2D eigenvalue weighted by Crippen LogP contribution is 2.17. The minimum atomic E-state index is -0.179. The molecule has 1 aromatic heterocycles. The molecule has 0 aliphatic heterocycles. The molecule has 0 saturated carbocycles. The summed E-state index contributed by atoms with van der Waals surface area (Å²) in [4.78, 5) is 16.3. The maximum Gasteiger partial charge on any atom is 0.252 e. The van der Waals surface area contributed by atoms with E-state index >= 15 is 0 Å². The first kappa shape index (κ1) is 19.3. The number of nitrogens with zero attached hydrogens (tertiary/aromatic N) is 1. The summed E-state index contributed by atoms with van der Waals surface area (Å²) >= 11 is 7.72. The van der Waals surface area contributed by atoms with Gasteiger partial charge in [0.2, 0.25) is 0 Å². The molecule has 1 aromatic carbocycles. The van der Waals surface area contributed by atoms with E-state index in [0.29, 0.717) is 35.6 Å². The zero-order valence-electron chi connectivity index (χ0n) is 14.4. The van der Waals surface area contributed by atoms with Crippen LogP contribution in [0.15, 0.2) is 46.1 Å². The van der Waals surface area contributed by atoms with Crippen molar-refractivity contribution >= 4 is 34.8 Å². The van der Waals surface area contributed by atoms with Crippen molar-refractivity contribution in [2.45, 2.75) is 12.8 Å². The van der Waals surface area contributed by atoms with E-state index < -0.39 is 0 Å². The number of rotatable bonds is 7. The molecule has 1 unspecified atom stereocenters. The van der Waals surface area contributed by atoms with E-state index in [2.05, 4.69) is 44.7 Å². The summed E-state index contributed by atoms with van der Waals surface area (Å²) in [6, 6.07) is 9.14. The van der Waals surface area contributed by atoms with Crippen LogP contribution in [0.5, 0.6) is 0 Å². The molecule has 1 heterocycles. The van der Waals surface area contributed by atoms with Crippen LogP contribution >= 0.6 is 22.9 Å². The lowest BCUT2D eigenvalue weighted by Crippen LogP contribution is -2.42. The van der Waals surface area contributed by atoms with Gasteiger partial charge in [0.15, 0.2) is 5.96 Å². The monoisotopic (exact) mass is 378 g/mol. The second-order valence-corrected chi connectivity index (χ2v) is 6.76. The number of aliphatic imine (C=N–C) groups is 1. The Kier molecular flexibility index (Phi) is 7.76. The molecular weight excluding hydrogens is 356 g/mol. The average Bonchev–Trinajstić information content (AvgIpc) is 3.16. The van der Waals surface area contributed by atoms with Crippen molar-refractivity contribution in [3.8, 4) is 0 Å². The Balaban J connectivity index is 1.69. The van der Waals surface area contributed by atoms with Gasteiger partial charge < -0.3 is 16.0 Å². The highest BCUT2D eigenvalue weighted by Gasteiger charge is 2.09. The maximum absolute atomic E-state index is 12.1. The molecule has 3 N–H and O–H groups in total. The van der Waals surface area contributed by atoms with Crippen molar-refractivity contribution in [3.05, 3.63) is 57.2 Å². The van der Waals surface area contributed by atoms with Crippen LogP contribution in [-0.4, -0.2) is 38.5 Å². The van der Waals surface area contributed by atoms with Gasteiger partial charge in [-0.25, -0.2) is 0 Å². The topological polar surface area (TPSA) is 65.5 Å². The van der Waals surface area contributed by atoms with Crippen LogP contribution in [0.3, 0.4) is 0 Å². The molecule has 5 nitrogen and oxygen atoms in total. The summed E-state index contributed by atoms with van der Waals surface area (Å²) in [5.41, 5.74) is 1.80. The Morgan fingerprint density at radius 3 is 2.64 bits per heavy atom. The number of hydrogen-bond acceptors (Lipinski definition) is 3. The summed E-state index contributed by atoms with van der Waals surface area (Å²) in [6.45, 7) is 4.02. The highest BCUT2D eigenvalue weighted by atomic mass is 35.5. The van der Waals surface area contributed by atoms with Crippen LogP contribution in [0.2, 0.25) is 5.02 Å². The van der Waals surface area contributed by atoms with Gasteiger partial charge in [0.05, 0.1) is 10.6 Å². The van der Waals surface area contributed by atoms with Crippen LogP contribution in [0.1, 0.15) is 28.8 Å². The van der Waals surface area contributed by atoms with Crippen molar-refractivity contribution in [3.63, 3.8) is 0 Å². The van der Waals surface area contributed by atoms with Gasteiger partial charge in [-0.1, -0.05) is 30.7 Å². The second kappa shape index (κ2) is 10.1. The molecule has 25 heavy (non-hydrogen) atoms. The smallest absolute Gasteiger partial charge is 0.252 e. The molecule has 0 bridgehead atoms. The van der Waals surface area contributed by atoms with Crippen molar-refractivity contribution in [1.29, 1.82) is 0 Å². The SMILES string of the molecule is CN=C(NCCNC(=O)c1ccccc1Cl)NCC(C)c1ccsc1. The lowest BCUT2D eigenvalue weighted by Gasteiger charge is -2.15. The Morgan fingerprint density at radius 2 is 1.96 bits per heavy atom. The molecule has 0 aliphatic rings. The van der Waals surface area contributed by atoms with Crippen LogP contribution in [0.4, 0.5) is 0 Å². The number of halogens is 1. The van der Waals surface area contributed by atoms with Crippen molar-refractivity contribution in [1.82, 2.24) is 16.0 Å². The molecule has 0 saturated heterocycles. The molecule has 0 spiro atoms. The number of hydrogen-bond donors (Lipinski definition) is 3. The van der Waals surface area contributed by atoms with Gasteiger partial charge in [-0.05, 0) is 40.4 Å². The fourth-order valence-electron chi connectivity index (χ4n) is 2.24. The molecule has 2 aromatic rings. The van der Waals surface area contributed by atoms with Crippen LogP contribution in [0.25, 0.3) is 0 Å². The fourth-order valence-corrected chi connectivity index (χ4v) is 3.24. The molecule has 2 rings (SSSR count). The first-order chi connectivity index (χ1) is 12.1. The van der Waals surface area contributed by atoms with E-state index in [1.807, 2.05) is 0 Å². The minimum Gasteiger partial charge on any atom is -0.356 e. The van der Waals surface area contributed by atoms with Gasteiger partial charge in [0, 0.05) is 26.7 Å². The van der Waals surface area contributed by atoms with Gasteiger partial charge in [-0.15, -0.1) is 0 Å². The van der Waals surface area contributed by atoms with Crippen molar-refractivity contribution in [2.75, 3.05) is 26.7 Å². The number of thiophene rings is 1. The Bertz CT molecular complexity index is 703. The molecule has 134 valence electrons. The van der Waals surface area contributed by atoms with Crippen molar-refractivity contribution < 1.29 is 4.79 Å². The van der Waals surface area contributed by atoms with E-state index in [-0.39, 0.29) is 5.91 Å². The molecule has 7 heteroatoms. The lowest BCUT2D eigenvalue weighted by atomic mass is 10.1. The quantitative estimate of drug-likeness (QED) is 0.394. The second-order valence-electron chi connectivity index (χ2n) is 5.57. The third-order valence-electron chi connectivity index (χ3n) is 3.73. The molecule has 0 radical (unpaired) electrons. The van der Waals surface area contributed by atoms with Gasteiger partial charge in [0.1, 0.15) is 0 Å². The number of carbonyl (C=O) groups excluding carboxylic acids is 1. The number of benzene rings is 1. The normalized spacial score (nSPS) is 12.5. The fraction of sp³-hybridized carbons (Fsp3) is 0.333. The van der Waals surface area contributed by atoms with E-state index in [1.54, 1.807) is 42.6 Å². The van der Waals surface area contributed by atoms with Crippen molar-refractivity contribution in [2.24, 2.45) is 4.99 Å². The Morgan fingerprint density at radius 1 is 1.20 bits per heavy atom. The third kappa shape index (κ3) is 6.07. The zero-order valence-corrected chi connectivity index (χ0v) is 16.0. The summed E-state index contributed by atoms with van der Waals surface area (Å²) in [6.07, 6.45) is 0. The van der Waals surface area contributed by atoms with Gasteiger partial charge in [-0.2, -0.15) is 11.3 Å². The zero-order chi connectivity index (χ0) is 18.1. The molecule has 0 aliphatic carbocycles. The first-order valence-corrected chi connectivity index (χ1v) is 9.43. The average molecular weight is 379 g/mol. The Hall–Kier alpha value is -2.05. The maximum atomic E-state index is 12.1. The van der Waals surface area contributed by atoms with E-state index in [4.69, 9.17) is 11.6 Å². The molecular formula is C18H23ClN4OS. The predicted molar refractivity (Wildman–Crippen MR) is 106 cm³/mol. The summed E-state index contributed by atoms with van der Waals surface area (Å²) < 4.78 is 0. The Labute approximate surface area is 157 Å². The lowest BCUT2D eigenvalue weighted by molar-refractivity contribution is 0.0954. The van der Waals surface area contributed by atoms with Crippen LogP contribution < -0.4 is 16.0 Å². The van der Waals surface area contributed by atoms with E-state index in [1.165, 1.54) is 5.56 Å². The summed E-state index contributed by atoms with van der Waals surface area (Å²) in [5.74, 6) is 0.945. The highest BCUT2D eigenvalue weighted by molar-refractivity contribution is 7.07. The molecule has 0 fully saturated rings. The number of guanidine groups is 1. The first-order valence-electron chi connectivity index (χ1n) is 8.11. The van der Waals surface area contributed by atoms with E-state index in [0.717, 1.165) is 6.54 Å². The van der Waals surface area contributed by atoms with Gasteiger partial charge in [-0.3, -0.25) is 9.79 Å². The third-order valence-corrected chi connectivity index (χ3v) is 4.76. The van der Waals surface area contributed by atoms with Crippen LogP contribution in [-0.2, 0) is 0 Å². The molecule has 1 amide bonds. The predicted octanol–water partition coefficient (Wildman–Crippen LogP) is 3.10.